The Balaban J connectivity index is 1.64. The third-order valence-electron chi connectivity index (χ3n) is 3.69. The maximum atomic E-state index is 12.2. The minimum atomic E-state index is -0.308. The van der Waals surface area contributed by atoms with Crippen LogP contribution < -0.4 is 10.1 Å². The van der Waals surface area contributed by atoms with Gasteiger partial charge < -0.3 is 19.5 Å². The number of fused-ring (bicyclic) bond motifs is 1. The summed E-state index contributed by atoms with van der Waals surface area (Å²) in [5, 5.41) is 3.21. The predicted molar refractivity (Wildman–Crippen MR) is 74.3 cm³/mol. The Morgan fingerprint density at radius 3 is 3.00 bits per heavy atom. The third kappa shape index (κ3) is 2.88. The van der Waals surface area contributed by atoms with Crippen LogP contribution in [0.5, 0.6) is 5.75 Å². The number of para-hydroxylation sites is 1. The standard InChI is InChI=1S/C15H19NO4/c17-15(20-10-11-4-7-18-8-5-11)12-2-1-3-13-14(12)19-9-6-16-13/h1-3,11,16H,4-10H2. The zero-order valence-corrected chi connectivity index (χ0v) is 11.4. The number of carbonyl (C=O) groups is 1. The zero-order chi connectivity index (χ0) is 13.8. The van der Waals surface area contributed by atoms with Crippen molar-refractivity contribution in [3.05, 3.63) is 23.8 Å². The number of rotatable bonds is 3. The van der Waals surface area contributed by atoms with Gasteiger partial charge in [-0.2, -0.15) is 0 Å². The number of esters is 1. The van der Waals surface area contributed by atoms with Crippen LogP contribution in [0.4, 0.5) is 5.69 Å². The van der Waals surface area contributed by atoms with Crippen molar-refractivity contribution in [2.24, 2.45) is 5.92 Å². The van der Waals surface area contributed by atoms with Crippen LogP contribution in [0.15, 0.2) is 18.2 Å². The van der Waals surface area contributed by atoms with Crippen LogP contribution in [0, 0.1) is 5.92 Å². The lowest BCUT2D eigenvalue weighted by atomic mass is 10.0. The molecule has 1 aromatic rings. The Kier molecular flexibility index (Phi) is 4.06. The molecule has 5 heteroatoms. The summed E-state index contributed by atoms with van der Waals surface area (Å²) in [4.78, 5) is 12.2. The van der Waals surface area contributed by atoms with E-state index >= 15 is 0 Å². The fourth-order valence-electron chi connectivity index (χ4n) is 2.52. The quantitative estimate of drug-likeness (QED) is 0.857. The van der Waals surface area contributed by atoms with Gasteiger partial charge >= 0.3 is 5.97 Å². The first kappa shape index (κ1) is 13.2. The molecule has 1 aromatic carbocycles. The average molecular weight is 277 g/mol. The highest BCUT2D eigenvalue weighted by Gasteiger charge is 2.22. The van der Waals surface area contributed by atoms with Gasteiger partial charge in [0.1, 0.15) is 12.2 Å². The third-order valence-corrected chi connectivity index (χ3v) is 3.69. The molecule has 0 radical (unpaired) electrons. The lowest BCUT2D eigenvalue weighted by Crippen LogP contribution is -2.23. The van der Waals surface area contributed by atoms with E-state index in [2.05, 4.69) is 5.32 Å². The molecule has 0 aliphatic carbocycles. The fourth-order valence-corrected chi connectivity index (χ4v) is 2.52. The highest BCUT2D eigenvalue weighted by atomic mass is 16.5. The summed E-state index contributed by atoms with van der Waals surface area (Å²) in [5.41, 5.74) is 1.36. The van der Waals surface area contributed by atoms with Crippen LogP contribution in [-0.4, -0.2) is 38.9 Å². The molecule has 2 heterocycles. The molecule has 20 heavy (non-hydrogen) atoms. The van der Waals surface area contributed by atoms with Gasteiger partial charge in [-0.05, 0) is 30.9 Å². The molecule has 2 aliphatic rings. The summed E-state index contributed by atoms with van der Waals surface area (Å²) in [6.07, 6.45) is 1.91. The Bertz CT molecular complexity index is 483. The first-order valence-electron chi connectivity index (χ1n) is 7.09. The lowest BCUT2D eigenvalue weighted by Gasteiger charge is -2.23. The van der Waals surface area contributed by atoms with E-state index in [4.69, 9.17) is 14.2 Å². The highest BCUT2D eigenvalue weighted by molar-refractivity contribution is 5.95. The van der Waals surface area contributed by atoms with Crippen molar-refractivity contribution in [3.8, 4) is 5.75 Å². The molecular weight excluding hydrogens is 258 g/mol. The van der Waals surface area contributed by atoms with E-state index in [1.807, 2.05) is 12.1 Å². The maximum absolute atomic E-state index is 12.2. The van der Waals surface area contributed by atoms with E-state index < -0.39 is 0 Å². The molecule has 1 saturated heterocycles. The number of carbonyl (C=O) groups excluding carboxylic acids is 1. The van der Waals surface area contributed by atoms with Crippen molar-refractivity contribution < 1.29 is 19.0 Å². The van der Waals surface area contributed by atoms with Gasteiger partial charge in [-0.15, -0.1) is 0 Å². The molecule has 2 aliphatic heterocycles. The number of nitrogens with one attached hydrogen (secondary N) is 1. The molecule has 108 valence electrons. The Hall–Kier alpha value is -1.75. The van der Waals surface area contributed by atoms with Crippen molar-refractivity contribution in [2.75, 3.05) is 38.3 Å². The van der Waals surface area contributed by atoms with Gasteiger partial charge in [-0.3, -0.25) is 0 Å². The molecule has 0 saturated carbocycles. The van der Waals surface area contributed by atoms with Crippen molar-refractivity contribution in [1.82, 2.24) is 0 Å². The van der Waals surface area contributed by atoms with Gasteiger partial charge in [0.05, 0.1) is 12.3 Å². The predicted octanol–water partition coefficient (Wildman–Crippen LogP) is 2.07. The van der Waals surface area contributed by atoms with E-state index in [1.54, 1.807) is 6.07 Å². The van der Waals surface area contributed by atoms with Gasteiger partial charge in [0.25, 0.3) is 0 Å². The summed E-state index contributed by atoms with van der Waals surface area (Å²) in [6.45, 7) is 3.30. The Morgan fingerprint density at radius 1 is 1.30 bits per heavy atom. The van der Waals surface area contributed by atoms with Crippen molar-refractivity contribution in [2.45, 2.75) is 12.8 Å². The van der Waals surface area contributed by atoms with Gasteiger partial charge in [0.2, 0.25) is 0 Å². The second-order valence-corrected chi connectivity index (χ2v) is 5.11. The molecule has 0 bridgehead atoms. The molecule has 3 rings (SSSR count). The summed E-state index contributed by atoms with van der Waals surface area (Å²) < 4.78 is 16.3. The van der Waals surface area contributed by atoms with Crippen LogP contribution in [0.25, 0.3) is 0 Å². The van der Waals surface area contributed by atoms with Crippen molar-refractivity contribution in [3.63, 3.8) is 0 Å². The van der Waals surface area contributed by atoms with Gasteiger partial charge in [0, 0.05) is 19.8 Å². The number of ether oxygens (including phenoxy) is 3. The van der Waals surface area contributed by atoms with E-state index in [0.29, 0.717) is 30.4 Å². The van der Waals surface area contributed by atoms with Crippen molar-refractivity contribution in [1.29, 1.82) is 0 Å². The molecule has 1 N–H and O–H groups in total. The lowest BCUT2D eigenvalue weighted by molar-refractivity contribution is 0.0183. The number of benzene rings is 1. The monoisotopic (exact) mass is 277 g/mol. The Labute approximate surface area is 118 Å². The fraction of sp³-hybridized carbons (Fsp3) is 0.533. The maximum Gasteiger partial charge on any atom is 0.342 e. The second kappa shape index (κ2) is 6.13. The van der Waals surface area contributed by atoms with Crippen LogP contribution >= 0.6 is 0 Å². The van der Waals surface area contributed by atoms with E-state index in [9.17, 15) is 4.79 Å². The second-order valence-electron chi connectivity index (χ2n) is 5.11. The van der Waals surface area contributed by atoms with Gasteiger partial charge in [-0.25, -0.2) is 4.79 Å². The first-order chi connectivity index (χ1) is 9.84. The normalized spacial score (nSPS) is 18.6. The topological polar surface area (TPSA) is 56.8 Å². The van der Waals surface area contributed by atoms with Crippen LogP contribution in [0.2, 0.25) is 0 Å². The molecule has 0 aromatic heterocycles. The molecule has 1 fully saturated rings. The summed E-state index contributed by atoms with van der Waals surface area (Å²) >= 11 is 0. The average Bonchev–Trinajstić information content (AvgIpc) is 2.53. The van der Waals surface area contributed by atoms with Gasteiger partial charge in [-0.1, -0.05) is 6.07 Å². The number of anilines is 1. The number of hydrogen-bond acceptors (Lipinski definition) is 5. The van der Waals surface area contributed by atoms with Gasteiger partial charge in [0.15, 0.2) is 5.75 Å². The summed E-state index contributed by atoms with van der Waals surface area (Å²) in [7, 11) is 0. The zero-order valence-electron chi connectivity index (χ0n) is 11.4. The highest BCUT2D eigenvalue weighted by Crippen LogP contribution is 2.31. The smallest absolute Gasteiger partial charge is 0.342 e. The Morgan fingerprint density at radius 2 is 2.15 bits per heavy atom. The molecule has 5 nitrogen and oxygen atoms in total. The summed E-state index contributed by atoms with van der Waals surface area (Å²) in [6, 6.07) is 5.49. The minimum absolute atomic E-state index is 0.308. The molecule has 0 spiro atoms. The molecule has 0 atom stereocenters. The van der Waals surface area contributed by atoms with Crippen LogP contribution in [0.1, 0.15) is 23.2 Å². The summed E-state index contributed by atoms with van der Waals surface area (Å²) in [5.74, 6) is 0.707. The van der Waals surface area contributed by atoms with E-state index in [0.717, 1.165) is 38.3 Å². The van der Waals surface area contributed by atoms with Crippen LogP contribution in [0.3, 0.4) is 0 Å². The molecular formula is C15H19NO4. The molecule has 0 unspecified atom stereocenters. The first-order valence-corrected chi connectivity index (χ1v) is 7.09. The van der Waals surface area contributed by atoms with Crippen molar-refractivity contribution >= 4 is 11.7 Å². The van der Waals surface area contributed by atoms with E-state index in [1.165, 1.54) is 0 Å². The van der Waals surface area contributed by atoms with Crippen LogP contribution in [-0.2, 0) is 9.47 Å². The minimum Gasteiger partial charge on any atom is -0.489 e. The SMILES string of the molecule is O=C(OCC1CCOCC1)c1cccc2c1OCCN2. The number of hydrogen-bond donors (Lipinski definition) is 1. The molecule has 0 amide bonds. The largest absolute Gasteiger partial charge is 0.489 e. The van der Waals surface area contributed by atoms with E-state index in [-0.39, 0.29) is 5.97 Å².